The van der Waals surface area contributed by atoms with E-state index in [4.69, 9.17) is 14.2 Å². The van der Waals surface area contributed by atoms with Gasteiger partial charge in [0.2, 0.25) is 0 Å². The summed E-state index contributed by atoms with van der Waals surface area (Å²) in [4.78, 5) is 0. The molecule has 0 radical (unpaired) electrons. The largest absolute Gasteiger partial charge is 0.380 e. The molecule has 0 N–H and O–H groups in total. The van der Waals surface area contributed by atoms with Gasteiger partial charge in [-0.05, 0) is 0 Å². The van der Waals surface area contributed by atoms with Crippen LogP contribution in [0.25, 0.3) is 0 Å². The normalized spacial score (nSPS) is 20.6. The van der Waals surface area contributed by atoms with Crippen LogP contribution in [0.3, 0.4) is 0 Å². The van der Waals surface area contributed by atoms with Crippen molar-refractivity contribution in [1.29, 1.82) is 0 Å². The quantitative estimate of drug-likeness (QED) is 0.387. The van der Waals surface area contributed by atoms with Gasteiger partial charge in [0, 0.05) is 11.6 Å². The molecule has 0 saturated carbocycles. The Hall–Kier alpha value is 0.0969. The second-order valence-corrected chi connectivity index (χ2v) is 11.1. The number of rotatable bonds is 6. The Labute approximate surface area is 87.7 Å². The van der Waals surface area contributed by atoms with Crippen LogP contribution in [0, 0.1) is 5.41 Å². The molecule has 0 aromatic carbocycles. The Morgan fingerprint density at radius 3 is 2.29 bits per heavy atom. The molecule has 1 saturated heterocycles. The van der Waals surface area contributed by atoms with Crippen LogP contribution in [0.2, 0.25) is 19.6 Å². The van der Waals surface area contributed by atoms with E-state index in [0.29, 0.717) is 6.79 Å². The van der Waals surface area contributed by atoms with Gasteiger partial charge < -0.3 is 14.2 Å². The third kappa shape index (κ3) is 4.55. The van der Waals surface area contributed by atoms with Crippen molar-refractivity contribution < 1.29 is 14.2 Å². The Balaban J connectivity index is 1.94. The van der Waals surface area contributed by atoms with Gasteiger partial charge in [-0.3, -0.25) is 0 Å². The molecule has 0 aliphatic carbocycles. The van der Waals surface area contributed by atoms with E-state index in [2.05, 4.69) is 26.6 Å². The smallest absolute Gasteiger partial charge is 0.146 e. The molecule has 0 bridgehead atoms. The van der Waals surface area contributed by atoms with Gasteiger partial charge >= 0.3 is 0 Å². The van der Waals surface area contributed by atoms with E-state index in [1.54, 1.807) is 0 Å². The van der Waals surface area contributed by atoms with Crippen LogP contribution >= 0.6 is 0 Å². The third-order valence-corrected chi connectivity index (χ3v) is 3.12. The number of hydrogen-bond acceptors (Lipinski definition) is 3. The van der Waals surface area contributed by atoms with Gasteiger partial charge in [0.1, 0.15) is 6.79 Å². The Morgan fingerprint density at radius 1 is 1.21 bits per heavy atom. The molecule has 0 aromatic rings. The molecule has 1 aliphatic heterocycles. The number of ether oxygens (including phenoxy) is 3. The van der Waals surface area contributed by atoms with Gasteiger partial charge in [0.25, 0.3) is 0 Å². The maximum absolute atomic E-state index is 5.46. The van der Waals surface area contributed by atoms with Crippen molar-refractivity contribution in [3.8, 4) is 0 Å². The zero-order valence-corrected chi connectivity index (χ0v) is 10.8. The molecular weight excluding hydrogens is 196 g/mol. The third-order valence-electron chi connectivity index (χ3n) is 2.05. The summed E-state index contributed by atoms with van der Waals surface area (Å²) in [7, 11) is -1.07. The highest BCUT2D eigenvalue weighted by Gasteiger charge is 2.33. The van der Waals surface area contributed by atoms with Crippen LogP contribution in [0.1, 0.15) is 6.92 Å². The van der Waals surface area contributed by atoms with E-state index in [-0.39, 0.29) is 5.41 Å². The zero-order valence-electron chi connectivity index (χ0n) is 9.76. The first-order valence-corrected chi connectivity index (χ1v) is 8.85. The second kappa shape index (κ2) is 4.75. The summed E-state index contributed by atoms with van der Waals surface area (Å²) < 4.78 is 16.1. The summed E-state index contributed by atoms with van der Waals surface area (Å²) >= 11 is 0. The molecule has 0 aromatic heterocycles. The van der Waals surface area contributed by atoms with Gasteiger partial charge in [-0.25, -0.2) is 0 Å². The first-order chi connectivity index (χ1) is 6.41. The second-order valence-electron chi connectivity index (χ2n) is 5.68. The molecule has 0 amide bonds. The molecule has 1 aliphatic rings. The predicted molar refractivity (Wildman–Crippen MR) is 59.0 cm³/mol. The lowest BCUT2D eigenvalue weighted by Crippen LogP contribution is -2.43. The average molecular weight is 218 g/mol. The summed E-state index contributed by atoms with van der Waals surface area (Å²) in [5, 5.41) is 0. The fourth-order valence-corrected chi connectivity index (χ4v) is 1.92. The minimum atomic E-state index is -1.07. The number of hydrogen-bond donors (Lipinski definition) is 0. The van der Waals surface area contributed by atoms with Gasteiger partial charge in [-0.15, -0.1) is 0 Å². The summed E-state index contributed by atoms with van der Waals surface area (Å²) in [5.74, 6) is 0. The zero-order chi connectivity index (χ0) is 10.7. The highest BCUT2D eigenvalue weighted by molar-refractivity contribution is 6.76. The molecule has 14 heavy (non-hydrogen) atoms. The van der Waals surface area contributed by atoms with Crippen LogP contribution in [0.15, 0.2) is 0 Å². The molecule has 84 valence electrons. The van der Waals surface area contributed by atoms with Crippen LogP contribution in [-0.2, 0) is 14.2 Å². The van der Waals surface area contributed by atoms with E-state index in [9.17, 15) is 0 Å². The topological polar surface area (TPSA) is 27.7 Å². The summed E-state index contributed by atoms with van der Waals surface area (Å²) in [6.07, 6.45) is 0.875. The first kappa shape index (κ1) is 12.2. The molecule has 0 atom stereocenters. The minimum absolute atomic E-state index is 0.239. The predicted octanol–water partition coefficient (Wildman–Crippen LogP) is 1.89. The van der Waals surface area contributed by atoms with Gasteiger partial charge in [0.05, 0.1) is 27.9 Å². The summed E-state index contributed by atoms with van der Waals surface area (Å²) in [6, 6.07) is 0. The molecule has 1 heterocycles. The maximum atomic E-state index is 5.46. The van der Waals surface area contributed by atoms with Gasteiger partial charge in [-0.2, -0.15) is 0 Å². The van der Waals surface area contributed by atoms with Crippen LogP contribution < -0.4 is 0 Å². The monoisotopic (exact) mass is 218 g/mol. The fourth-order valence-electron chi connectivity index (χ4n) is 1.23. The van der Waals surface area contributed by atoms with Crippen molar-refractivity contribution in [3.05, 3.63) is 0 Å². The van der Waals surface area contributed by atoms with E-state index >= 15 is 0 Å². The van der Waals surface area contributed by atoms with Crippen molar-refractivity contribution in [1.82, 2.24) is 0 Å². The molecule has 4 heteroatoms. The minimum Gasteiger partial charge on any atom is -0.380 e. The summed E-state index contributed by atoms with van der Waals surface area (Å²) in [5.41, 5.74) is 0.239. The SMILES string of the molecule is CC1(COCOC[Si](C)(C)C)COC1. The van der Waals surface area contributed by atoms with Crippen LogP contribution in [0.5, 0.6) is 0 Å². The maximum Gasteiger partial charge on any atom is 0.146 e. The lowest BCUT2D eigenvalue weighted by atomic mass is 9.90. The fraction of sp³-hybridized carbons (Fsp3) is 1.00. The average Bonchev–Trinajstić information content (AvgIpc) is 1.98. The Bertz CT molecular complexity index is 173. The van der Waals surface area contributed by atoms with Crippen molar-refractivity contribution in [2.45, 2.75) is 26.6 Å². The molecule has 0 spiro atoms. The lowest BCUT2D eigenvalue weighted by Gasteiger charge is -2.37. The lowest BCUT2D eigenvalue weighted by molar-refractivity contribution is -0.160. The van der Waals surface area contributed by atoms with Crippen molar-refractivity contribution >= 4 is 8.07 Å². The van der Waals surface area contributed by atoms with E-state index in [1.807, 2.05) is 0 Å². The van der Waals surface area contributed by atoms with Gasteiger partial charge in [0.15, 0.2) is 0 Å². The Kier molecular flexibility index (Phi) is 4.12. The van der Waals surface area contributed by atoms with Crippen LogP contribution in [0.4, 0.5) is 0 Å². The highest BCUT2D eigenvalue weighted by atomic mass is 28.3. The van der Waals surface area contributed by atoms with E-state index < -0.39 is 8.07 Å². The standard InChI is InChI=1S/C10H22O3Si/c1-10(5-11-6-10)7-12-8-13-9-14(2,3)4/h5-9H2,1-4H3. The Morgan fingerprint density at radius 2 is 1.86 bits per heavy atom. The van der Waals surface area contributed by atoms with Crippen molar-refractivity contribution in [2.24, 2.45) is 5.41 Å². The molecule has 0 unspecified atom stereocenters. The molecule has 1 fully saturated rings. The molecule has 3 nitrogen and oxygen atoms in total. The first-order valence-electron chi connectivity index (χ1n) is 5.15. The van der Waals surface area contributed by atoms with E-state index in [0.717, 1.165) is 26.1 Å². The molecular formula is C10H22O3Si. The summed E-state index contributed by atoms with van der Waals surface area (Å²) in [6.45, 7) is 11.9. The molecule has 1 rings (SSSR count). The van der Waals surface area contributed by atoms with Crippen molar-refractivity contribution in [2.75, 3.05) is 32.8 Å². The highest BCUT2D eigenvalue weighted by Crippen LogP contribution is 2.26. The van der Waals surface area contributed by atoms with Crippen molar-refractivity contribution in [3.63, 3.8) is 0 Å². The van der Waals surface area contributed by atoms with Crippen LogP contribution in [-0.4, -0.2) is 40.9 Å². The van der Waals surface area contributed by atoms with E-state index in [1.165, 1.54) is 0 Å². The van der Waals surface area contributed by atoms with Gasteiger partial charge in [-0.1, -0.05) is 26.6 Å².